The minimum atomic E-state index is -4.53. The molecule has 25 nitrogen and oxygen atoms in total. The first-order valence-corrected chi connectivity index (χ1v) is 24.7. The number of para-hydroxylation sites is 1. The first kappa shape index (κ1) is 58.6. The van der Waals surface area contributed by atoms with Gasteiger partial charge in [-0.1, -0.05) is 19.1 Å². The number of benzene rings is 1. The molecule has 2 aliphatic carbocycles. The highest BCUT2D eigenvalue weighted by molar-refractivity contribution is 7.89. The maximum Gasteiger partial charge on any atom is 0.408 e. The molecule has 3 aliphatic rings. The fraction of sp³-hybridized carbons (Fsp3) is 0.733. The maximum absolute atomic E-state index is 14.0. The van der Waals surface area contributed by atoms with E-state index in [-0.39, 0.29) is 44.5 Å². The molecule has 2 fully saturated rings. The molecule has 1 aromatic carbocycles. The molecule has 71 heavy (non-hydrogen) atoms. The van der Waals surface area contributed by atoms with Gasteiger partial charge in [-0.2, -0.15) is 4.31 Å². The maximum atomic E-state index is 14.0. The van der Waals surface area contributed by atoms with Crippen LogP contribution in [0.4, 0.5) is 20.1 Å². The Hall–Kier alpha value is -4.93. The van der Waals surface area contributed by atoms with E-state index in [4.69, 9.17) is 33.2 Å². The third-order valence-electron chi connectivity index (χ3n) is 11.0. The lowest BCUT2D eigenvalue weighted by Gasteiger charge is -2.49. The minimum Gasteiger partial charge on any atom is -0.466 e. The summed E-state index contributed by atoms with van der Waals surface area (Å²) in [5, 5.41) is 67.0. The van der Waals surface area contributed by atoms with Gasteiger partial charge in [-0.25, -0.2) is 22.8 Å². The van der Waals surface area contributed by atoms with Crippen LogP contribution in [0.25, 0.3) is 0 Å². The van der Waals surface area contributed by atoms with Crippen LogP contribution in [0.15, 0.2) is 41.0 Å². The molecule has 0 radical (unpaired) electrons. The van der Waals surface area contributed by atoms with E-state index in [9.17, 15) is 58.1 Å². The van der Waals surface area contributed by atoms with Crippen LogP contribution in [-0.4, -0.2) is 173 Å². The van der Waals surface area contributed by atoms with Crippen molar-refractivity contribution in [3.63, 3.8) is 0 Å². The lowest BCUT2D eigenvalue weighted by Crippen LogP contribution is -2.70. The number of aliphatic hydroxyl groups excluding tert-OH is 3. The van der Waals surface area contributed by atoms with E-state index in [2.05, 4.69) is 21.3 Å². The van der Waals surface area contributed by atoms with Gasteiger partial charge in [-0.15, -0.1) is 0 Å². The van der Waals surface area contributed by atoms with E-state index in [1.54, 1.807) is 69.2 Å². The van der Waals surface area contributed by atoms with Crippen molar-refractivity contribution in [2.24, 2.45) is 0 Å². The number of nitrogens with one attached hydrogen (secondary N) is 4. The summed E-state index contributed by atoms with van der Waals surface area (Å²) in [5.41, 5.74) is -5.55. The van der Waals surface area contributed by atoms with Crippen LogP contribution in [-0.2, 0) is 48.0 Å². The Balaban J connectivity index is 1.75. The number of ether oxygens (including phenoxy) is 7. The standard InChI is InChI=1S/C45H72N6O19S/c1-12-31(53)37(64-20-19-52)67-34-28(47-38(55)45(59)22-25(23-45)46-39(56)68-42(2,3)4)21-29(49-41(58)70-44(8,9)10)35(33(34)54)66-36-27(48-40(57)69-43(5,6)7)18-17-26(65-36)24-50(11)71(62,63)32-16-14-13-15-30(32)51(60)61/h13-17,25,27-29,31,33-37,52-54,59H,12,18-24H2,1-11H3,(H,46,56)(H,47,55)(H,48,57)(H,49,58)/t25?,27-,28-,29+,31-,33-,34+,35-,36-,37-,45?/m1/s1. The summed E-state index contributed by atoms with van der Waals surface area (Å²) in [7, 11) is -3.37. The summed E-state index contributed by atoms with van der Waals surface area (Å²) >= 11 is 0. The number of carbonyl (C=O) groups excluding carboxylic acids is 4. The summed E-state index contributed by atoms with van der Waals surface area (Å²) in [6, 6.07) is 0.290. The van der Waals surface area contributed by atoms with Crippen molar-refractivity contribution in [3.05, 3.63) is 46.2 Å². The topological polar surface area (TPSA) is 342 Å². The summed E-state index contributed by atoms with van der Waals surface area (Å²) in [6.45, 7) is 14.9. The average molecular weight is 1030 g/mol. The van der Waals surface area contributed by atoms with Crippen molar-refractivity contribution in [2.45, 2.75) is 190 Å². The number of nitro groups is 1. The Kier molecular flexibility index (Phi) is 19.6. The van der Waals surface area contributed by atoms with Gasteiger partial charge in [0.25, 0.3) is 11.6 Å². The fourth-order valence-electron chi connectivity index (χ4n) is 7.79. The van der Waals surface area contributed by atoms with Gasteiger partial charge in [0, 0.05) is 32.0 Å². The van der Waals surface area contributed by atoms with Crippen LogP contribution in [0.2, 0.25) is 0 Å². The number of rotatable bonds is 19. The molecule has 4 rings (SSSR count). The Morgan fingerprint density at radius 2 is 1.42 bits per heavy atom. The molecule has 2 saturated carbocycles. The number of carbonyl (C=O) groups is 4. The molecule has 402 valence electrons. The molecule has 26 heteroatoms. The van der Waals surface area contributed by atoms with E-state index in [0.717, 1.165) is 23.5 Å². The van der Waals surface area contributed by atoms with Gasteiger partial charge in [0.05, 0.1) is 42.8 Å². The minimum absolute atomic E-state index is 0.0509. The second-order valence-corrected chi connectivity index (χ2v) is 22.6. The van der Waals surface area contributed by atoms with Crippen LogP contribution < -0.4 is 21.3 Å². The van der Waals surface area contributed by atoms with Crippen molar-refractivity contribution < 1.29 is 86.1 Å². The van der Waals surface area contributed by atoms with Gasteiger partial charge in [0.1, 0.15) is 52.6 Å². The Labute approximate surface area is 413 Å². The molecule has 9 atom stereocenters. The lowest BCUT2D eigenvalue weighted by atomic mass is 9.74. The van der Waals surface area contributed by atoms with Crippen LogP contribution in [0.1, 0.15) is 101 Å². The molecular formula is C45H72N6O19S. The van der Waals surface area contributed by atoms with Gasteiger partial charge < -0.3 is 74.9 Å². The third-order valence-corrected chi connectivity index (χ3v) is 12.9. The number of alkyl carbamates (subject to hydrolysis) is 3. The monoisotopic (exact) mass is 1030 g/mol. The molecule has 0 unspecified atom stereocenters. The summed E-state index contributed by atoms with van der Waals surface area (Å²) in [5.74, 6) is -1.00. The quantitative estimate of drug-likeness (QED) is 0.0426. The molecule has 8 N–H and O–H groups in total. The van der Waals surface area contributed by atoms with Crippen molar-refractivity contribution in [2.75, 3.05) is 26.8 Å². The molecular weight excluding hydrogens is 961 g/mol. The van der Waals surface area contributed by atoms with E-state index in [1.807, 2.05) is 0 Å². The molecule has 0 aromatic heterocycles. The predicted octanol–water partition coefficient (Wildman–Crippen LogP) is 2.18. The number of likely N-dealkylation sites (N-methyl/N-ethyl adjacent to an activating group) is 1. The molecule has 1 aliphatic heterocycles. The summed E-state index contributed by atoms with van der Waals surface area (Å²) < 4.78 is 69.3. The molecule has 4 amide bonds. The Morgan fingerprint density at radius 1 is 0.887 bits per heavy atom. The van der Waals surface area contributed by atoms with Crippen LogP contribution >= 0.6 is 0 Å². The van der Waals surface area contributed by atoms with Crippen LogP contribution in [0.3, 0.4) is 0 Å². The van der Waals surface area contributed by atoms with Gasteiger partial charge in [-0.05, 0) is 93.7 Å². The predicted molar refractivity (Wildman–Crippen MR) is 250 cm³/mol. The number of amides is 4. The highest BCUT2D eigenvalue weighted by Gasteiger charge is 2.54. The number of aliphatic hydroxyl groups is 4. The Morgan fingerprint density at radius 3 is 1.96 bits per heavy atom. The largest absolute Gasteiger partial charge is 0.466 e. The number of sulfonamides is 1. The summed E-state index contributed by atoms with van der Waals surface area (Å²) in [6.07, 6.45) is -11.8. The zero-order chi connectivity index (χ0) is 53.4. The van der Waals surface area contributed by atoms with E-state index < -0.39 is 146 Å². The van der Waals surface area contributed by atoms with Crippen LogP contribution in [0, 0.1) is 10.1 Å². The van der Waals surface area contributed by atoms with Crippen molar-refractivity contribution in [1.82, 2.24) is 25.6 Å². The second-order valence-electron chi connectivity index (χ2n) is 20.6. The fourth-order valence-corrected chi connectivity index (χ4v) is 9.08. The SMILES string of the molecule is CC[C@@H](O)[C@H](OCCO)O[C@@H]1[C@@H](O)[C@H](O[C@H]2OC(CN(C)S(=O)(=O)c3ccccc3[N+](=O)[O-])=CC[C@H]2NC(=O)OC(C)(C)C)[C@@H](NC(=O)OC(C)(C)C)C[C@H]1NC(=O)C1(O)CC(NC(=O)OC(C)(C)C)C1. The first-order chi connectivity index (χ1) is 32.8. The normalized spacial score (nSPS) is 26.8. The molecule has 0 saturated heterocycles. The average Bonchev–Trinajstić information content (AvgIpc) is 3.22. The van der Waals surface area contributed by atoms with Gasteiger partial charge in [0.2, 0.25) is 16.3 Å². The molecule has 1 heterocycles. The first-order valence-electron chi connectivity index (χ1n) is 23.2. The zero-order valence-corrected chi connectivity index (χ0v) is 42.8. The van der Waals surface area contributed by atoms with Crippen molar-refractivity contribution >= 4 is 39.9 Å². The van der Waals surface area contributed by atoms with E-state index in [1.165, 1.54) is 18.2 Å². The van der Waals surface area contributed by atoms with Crippen molar-refractivity contribution in [1.29, 1.82) is 0 Å². The third kappa shape index (κ3) is 16.8. The zero-order valence-electron chi connectivity index (χ0n) is 42.0. The Bertz CT molecular complexity index is 2170. The van der Waals surface area contributed by atoms with Gasteiger partial charge in [0.15, 0.2) is 11.2 Å². The molecule has 0 bridgehead atoms. The van der Waals surface area contributed by atoms with Crippen LogP contribution in [0.5, 0.6) is 0 Å². The highest BCUT2D eigenvalue weighted by atomic mass is 32.2. The van der Waals surface area contributed by atoms with E-state index >= 15 is 0 Å². The second kappa shape index (κ2) is 23.7. The number of hydrogen-bond donors (Lipinski definition) is 8. The number of hydrogen-bond acceptors (Lipinski definition) is 19. The molecule has 0 spiro atoms. The number of nitro benzene ring substituents is 1. The highest BCUT2D eigenvalue weighted by Crippen LogP contribution is 2.36. The molecule has 1 aromatic rings. The van der Waals surface area contributed by atoms with Gasteiger partial charge in [-0.3, -0.25) is 14.9 Å². The smallest absolute Gasteiger partial charge is 0.408 e. The summed E-state index contributed by atoms with van der Waals surface area (Å²) in [4.78, 5) is 63.6. The van der Waals surface area contributed by atoms with Crippen molar-refractivity contribution in [3.8, 4) is 0 Å². The lowest BCUT2D eigenvalue weighted by molar-refractivity contribution is -0.387. The number of nitrogens with zero attached hydrogens (tertiary/aromatic N) is 2. The van der Waals surface area contributed by atoms with Gasteiger partial charge >= 0.3 is 18.3 Å². The van der Waals surface area contributed by atoms with E-state index in [0.29, 0.717) is 0 Å².